The Balaban J connectivity index is 1.74. The Kier molecular flexibility index (Phi) is 5.41. The number of carbonyl (C=O) groups is 1. The third-order valence-corrected chi connectivity index (χ3v) is 5.57. The van der Waals surface area contributed by atoms with Crippen LogP contribution in [0.2, 0.25) is 0 Å². The summed E-state index contributed by atoms with van der Waals surface area (Å²) in [5.74, 6) is 0.778. The van der Waals surface area contributed by atoms with E-state index in [2.05, 4.69) is 15.5 Å². The van der Waals surface area contributed by atoms with Crippen molar-refractivity contribution >= 4 is 34.4 Å². The number of aryl methyl sites for hydroxylation is 3. The van der Waals surface area contributed by atoms with Crippen LogP contribution in [0.4, 0.5) is 5.82 Å². The highest BCUT2D eigenvalue weighted by Gasteiger charge is 2.17. The second kappa shape index (κ2) is 8.16. The minimum atomic E-state index is -0.260. The summed E-state index contributed by atoms with van der Waals surface area (Å²) in [5, 5.41) is 7.45. The van der Waals surface area contributed by atoms with E-state index in [1.165, 1.54) is 11.8 Å². The maximum Gasteiger partial charge on any atom is 0.266 e. The fourth-order valence-electron chi connectivity index (χ4n) is 3.30. The number of para-hydroxylation sites is 2. The highest BCUT2D eigenvalue weighted by molar-refractivity contribution is 7.99. The van der Waals surface area contributed by atoms with Gasteiger partial charge >= 0.3 is 0 Å². The van der Waals surface area contributed by atoms with Gasteiger partial charge in [-0.1, -0.05) is 47.3 Å². The average molecular weight is 420 g/mol. The molecule has 0 saturated carbocycles. The molecule has 2 heterocycles. The molecule has 0 unspecified atom stereocenters. The van der Waals surface area contributed by atoms with Crippen LogP contribution in [0, 0.1) is 20.8 Å². The third kappa shape index (κ3) is 3.86. The van der Waals surface area contributed by atoms with Crippen LogP contribution in [-0.4, -0.2) is 26.4 Å². The number of aromatic nitrogens is 3. The zero-order valence-electron chi connectivity index (χ0n) is 16.8. The number of benzene rings is 2. The molecular formula is C22H20N4O3S. The van der Waals surface area contributed by atoms with Crippen LogP contribution in [0.3, 0.4) is 0 Å². The molecule has 0 bridgehead atoms. The molecule has 0 aliphatic carbocycles. The maximum atomic E-state index is 13.4. The number of hydrogen-bond donors (Lipinski definition) is 1. The number of carbonyl (C=O) groups excluding carboxylic acids is 1. The summed E-state index contributed by atoms with van der Waals surface area (Å²) < 4.78 is 6.57. The van der Waals surface area contributed by atoms with Crippen LogP contribution in [-0.2, 0) is 4.79 Å². The zero-order chi connectivity index (χ0) is 21.3. The van der Waals surface area contributed by atoms with Gasteiger partial charge in [-0.2, -0.15) is 0 Å². The van der Waals surface area contributed by atoms with E-state index < -0.39 is 0 Å². The topological polar surface area (TPSA) is 90.0 Å². The fraction of sp³-hybridized carbons (Fsp3) is 0.182. The van der Waals surface area contributed by atoms with Crippen LogP contribution < -0.4 is 10.9 Å². The first kappa shape index (κ1) is 19.9. The molecule has 1 N–H and O–H groups in total. The SMILES string of the molecule is Cc1cc(NC(=O)CSc2nc3ccccc3c(=O)n2-c2c(C)cccc2C)no1. The van der Waals surface area contributed by atoms with E-state index in [9.17, 15) is 9.59 Å². The fourth-order valence-corrected chi connectivity index (χ4v) is 4.10. The molecular weight excluding hydrogens is 400 g/mol. The number of anilines is 1. The summed E-state index contributed by atoms with van der Waals surface area (Å²) in [5.41, 5.74) is 3.14. The van der Waals surface area contributed by atoms with Gasteiger partial charge in [-0.05, 0) is 44.0 Å². The van der Waals surface area contributed by atoms with Gasteiger partial charge in [0.05, 0.1) is 22.3 Å². The summed E-state index contributed by atoms with van der Waals surface area (Å²) >= 11 is 1.20. The smallest absolute Gasteiger partial charge is 0.266 e. The van der Waals surface area contributed by atoms with E-state index in [0.717, 1.165) is 16.8 Å². The summed E-state index contributed by atoms with van der Waals surface area (Å²) in [6.45, 7) is 5.66. The van der Waals surface area contributed by atoms with E-state index in [1.807, 2.05) is 44.2 Å². The van der Waals surface area contributed by atoms with Crippen molar-refractivity contribution in [3.05, 3.63) is 75.8 Å². The van der Waals surface area contributed by atoms with Gasteiger partial charge in [-0.3, -0.25) is 14.2 Å². The lowest BCUT2D eigenvalue weighted by atomic mass is 10.1. The van der Waals surface area contributed by atoms with Gasteiger partial charge in [-0.15, -0.1) is 0 Å². The molecule has 8 heteroatoms. The van der Waals surface area contributed by atoms with Crippen molar-refractivity contribution in [2.45, 2.75) is 25.9 Å². The number of amides is 1. The van der Waals surface area contributed by atoms with Crippen molar-refractivity contribution in [1.82, 2.24) is 14.7 Å². The Bertz CT molecular complexity index is 1290. The van der Waals surface area contributed by atoms with Gasteiger partial charge in [0.2, 0.25) is 5.91 Å². The van der Waals surface area contributed by atoms with Crippen molar-refractivity contribution in [2.24, 2.45) is 0 Å². The van der Waals surface area contributed by atoms with E-state index >= 15 is 0 Å². The van der Waals surface area contributed by atoms with Crippen molar-refractivity contribution in [2.75, 3.05) is 11.1 Å². The van der Waals surface area contributed by atoms with Crippen molar-refractivity contribution in [3.8, 4) is 5.69 Å². The third-order valence-electron chi connectivity index (χ3n) is 4.64. The molecule has 7 nitrogen and oxygen atoms in total. The largest absolute Gasteiger partial charge is 0.360 e. The molecule has 2 aromatic heterocycles. The molecule has 0 aliphatic rings. The van der Waals surface area contributed by atoms with Crippen LogP contribution in [0.1, 0.15) is 16.9 Å². The van der Waals surface area contributed by atoms with Crippen LogP contribution in [0.5, 0.6) is 0 Å². The highest BCUT2D eigenvalue weighted by Crippen LogP contribution is 2.25. The second-order valence-corrected chi connectivity index (χ2v) is 7.89. The Labute approximate surface area is 177 Å². The van der Waals surface area contributed by atoms with E-state index in [4.69, 9.17) is 4.52 Å². The molecule has 0 atom stereocenters. The van der Waals surface area contributed by atoms with Gasteiger partial charge in [0.1, 0.15) is 5.76 Å². The quantitative estimate of drug-likeness (QED) is 0.387. The normalized spacial score (nSPS) is 11.0. The van der Waals surface area contributed by atoms with Gasteiger partial charge in [0.25, 0.3) is 5.56 Å². The molecule has 4 aromatic rings. The first-order chi connectivity index (χ1) is 14.4. The summed E-state index contributed by atoms with van der Waals surface area (Å²) in [6.07, 6.45) is 0. The molecule has 0 saturated heterocycles. The molecule has 0 aliphatic heterocycles. The van der Waals surface area contributed by atoms with Crippen LogP contribution in [0.15, 0.2) is 63.0 Å². The predicted octanol–water partition coefficient (Wildman–Crippen LogP) is 4.03. The standard InChI is InChI=1S/C22H20N4O3S/c1-13-7-6-8-14(2)20(13)26-21(28)16-9-4-5-10-17(16)23-22(26)30-12-19(27)24-18-11-15(3)29-25-18/h4-11H,12H2,1-3H3,(H,24,25,27). The number of thioether (sulfide) groups is 1. The van der Waals surface area contributed by atoms with Crippen LogP contribution in [0.25, 0.3) is 16.6 Å². The Morgan fingerprint density at radius 1 is 1.10 bits per heavy atom. The van der Waals surface area contributed by atoms with Crippen molar-refractivity contribution < 1.29 is 9.32 Å². The van der Waals surface area contributed by atoms with Gasteiger partial charge in [0.15, 0.2) is 11.0 Å². The molecule has 30 heavy (non-hydrogen) atoms. The van der Waals surface area contributed by atoms with Gasteiger partial charge in [-0.25, -0.2) is 4.98 Å². The minimum Gasteiger partial charge on any atom is -0.360 e. The molecule has 2 aromatic carbocycles. The Morgan fingerprint density at radius 3 is 2.53 bits per heavy atom. The minimum absolute atomic E-state index is 0.0710. The second-order valence-electron chi connectivity index (χ2n) is 6.95. The number of fused-ring (bicyclic) bond motifs is 1. The lowest BCUT2D eigenvalue weighted by molar-refractivity contribution is -0.113. The number of rotatable bonds is 5. The van der Waals surface area contributed by atoms with E-state index in [-0.39, 0.29) is 17.2 Å². The predicted molar refractivity (Wildman–Crippen MR) is 117 cm³/mol. The summed E-state index contributed by atoms with van der Waals surface area (Å²) in [4.78, 5) is 30.5. The van der Waals surface area contributed by atoms with Crippen molar-refractivity contribution in [1.29, 1.82) is 0 Å². The van der Waals surface area contributed by atoms with Crippen LogP contribution >= 0.6 is 11.8 Å². The van der Waals surface area contributed by atoms with Crippen molar-refractivity contribution in [3.63, 3.8) is 0 Å². The number of hydrogen-bond acceptors (Lipinski definition) is 6. The molecule has 152 valence electrons. The Morgan fingerprint density at radius 2 is 1.83 bits per heavy atom. The average Bonchev–Trinajstić information content (AvgIpc) is 3.12. The summed E-state index contributed by atoms with van der Waals surface area (Å²) in [7, 11) is 0. The van der Waals surface area contributed by atoms with Gasteiger partial charge < -0.3 is 9.84 Å². The molecule has 0 radical (unpaired) electrons. The summed E-state index contributed by atoms with van der Waals surface area (Å²) in [6, 6.07) is 14.7. The lowest BCUT2D eigenvalue weighted by Crippen LogP contribution is -2.24. The zero-order valence-corrected chi connectivity index (χ0v) is 17.6. The monoisotopic (exact) mass is 420 g/mol. The first-order valence-corrected chi connectivity index (χ1v) is 10.4. The highest BCUT2D eigenvalue weighted by atomic mass is 32.2. The molecule has 1 amide bonds. The molecule has 0 fully saturated rings. The van der Waals surface area contributed by atoms with E-state index in [0.29, 0.717) is 27.6 Å². The molecule has 4 rings (SSSR count). The number of nitrogens with one attached hydrogen (secondary N) is 1. The lowest BCUT2D eigenvalue weighted by Gasteiger charge is -2.17. The first-order valence-electron chi connectivity index (χ1n) is 9.38. The van der Waals surface area contributed by atoms with Gasteiger partial charge in [0, 0.05) is 6.07 Å². The number of nitrogens with zero attached hydrogens (tertiary/aromatic N) is 3. The Hall–Kier alpha value is -3.39. The molecule has 0 spiro atoms. The maximum absolute atomic E-state index is 13.4. The van der Waals surface area contributed by atoms with E-state index in [1.54, 1.807) is 29.7 Å².